The Morgan fingerprint density at radius 1 is 0.878 bits per heavy atom. The molecule has 3 aromatic carbocycles. The van der Waals surface area contributed by atoms with E-state index in [0.29, 0.717) is 49.0 Å². The van der Waals surface area contributed by atoms with Crippen molar-refractivity contribution in [2.45, 2.75) is 42.7 Å². The van der Waals surface area contributed by atoms with E-state index < -0.39 is 67.5 Å². The van der Waals surface area contributed by atoms with E-state index in [0.717, 1.165) is 24.3 Å². The zero-order chi connectivity index (χ0) is 30.1. The van der Waals surface area contributed by atoms with Gasteiger partial charge in [0.15, 0.2) is 0 Å². The first-order chi connectivity index (χ1) is 19.3. The van der Waals surface area contributed by atoms with Crippen molar-refractivity contribution in [1.29, 1.82) is 0 Å². The molecular weight excluding hydrogens is 588 g/mol. The minimum atomic E-state index is -5.12. The smallest absolute Gasteiger partial charge is 0.416 e. The van der Waals surface area contributed by atoms with Gasteiger partial charge in [-0.2, -0.15) is 30.4 Å². The van der Waals surface area contributed by atoms with Crippen LogP contribution in [0.15, 0.2) is 41.3 Å². The molecule has 3 aromatic rings. The predicted octanol–water partition coefficient (Wildman–Crippen LogP) is 7.05. The number of unbranched alkanes of at least 4 members (excludes halogenated alkanes) is 1. The maximum Gasteiger partial charge on any atom is 0.416 e. The molecule has 0 spiro atoms. The molecule has 0 aromatic heterocycles. The van der Waals surface area contributed by atoms with Gasteiger partial charge in [0, 0.05) is 31.3 Å². The summed E-state index contributed by atoms with van der Waals surface area (Å²) in [7, 11) is -3.61. The highest BCUT2D eigenvalue weighted by Gasteiger charge is 2.34. The van der Waals surface area contributed by atoms with Crippen molar-refractivity contribution in [3.63, 3.8) is 0 Å². The van der Waals surface area contributed by atoms with E-state index in [9.17, 15) is 43.5 Å². The first kappa shape index (κ1) is 30.6. The number of rotatable bonds is 9. The number of methoxy groups -OCH3 is 1. The van der Waals surface area contributed by atoms with E-state index in [2.05, 4.69) is 4.18 Å². The van der Waals surface area contributed by atoms with Crippen molar-refractivity contribution in [2.75, 3.05) is 20.3 Å². The van der Waals surface area contributed by atoms with Crippen LogP contribution in [-0.2, 0) is 27.5 Å². The van der Waals surface area contributed by atoms with Gasteiger partial charge in [0.05, 0.1) is 12.2 Å². The van der Waals surface area contributed by atoms with E-state index in [4.69, 9.17) is 9.47 Å². The second-order valence-electron chi connectivity index (χ2n) is 9.19. The quantitative estimate of drug-likeness (QED) is 0.0855. The molecule has 1 unspecified atom stereocenters. The summed E-state index contributed by atoms with van der Waals surface area (Å²) in [4.78, 5) is -0.715. The highest BCUT2D eigenvalue weighted by molar-refractivity contribution is 7.87. The average Bonchev–Trinajstić information content (AvgIpc) is 2.94. The number of alkyl halides is 3. The second kappa shape index (κ2) is 11.8. The van der Waals surface area contributed by atoms with Gasteiger partial charge in [0.1, 0.15) is 10.6 Å². The number of hydrogen-bond donors (Lipinski definition) is 0. The molecule has 1 heterocycles. The fourth-order valence-electron chi connectivity index (χ4n) is 4.56. The summed E-state index contributed by atoms with van der Waals surface area (Å²) in [6.45, 7) is 0.475. The fraction of sp³-hybridized carbons (Fsp3) is 0.333. The van der Waals surface area contributed by atoms with Crippen LogP contribution in [0, 0.1) is 29.1 Å². The molecule has 0 aliphatic carbocycles. The molecule has 4 rings (SSSR count). The summed E-state index contributed by atoms with van der Waals surface area (Å²) < 4.78 is 149. The molecule has 41 heavy (non-hydrogen) atoms. The van der Waals surface area contributed by atoms with Gasteiger partial charge in [0.2, 0.25) is 34.8 Å². The van der Waals surface area contributed by atoms with Crippen molar-refractivity contribution in [3.8, 4) is 11.5 Å². The Labute approximate surface area is 229 Å². The van der Waals surface area contributed by atoms with E-state index in [-0.39, 0.29) is 12.4 Å². The minimum Gasteiger partial charge on any atom is -0.493 e. The van der Waals surface area contributed by atoms with Gasteiger partial charge in [-0.05, 0) is 55.0 Å². The van der Waals surface area contributed by atoms with Crippen LogP contribution in [0.3, 0.4) is 0 Å². The number of aryl methyl sites for hydroxylation is 1. The Kier molecular flexibility index (Phi) is 8.83. The molecule has 0 saturated carbocycles. The predicted molar refractivity (Wildman–Crippen MR) is 129 cm³/mol. The van der Waals surface area contributed by atoms with E-state index in [1.54, 1.807) is 0 Å². The Morgan fingerprint density at radius 2 is 1.51 bits per heavy atom. The monoisotopic (exact) mass is 610 g/mol. The molecule has 1 aliphatic rings. The third-order valence-corrected chi connectivity index (χ3v) is 7.78. The molecular formula is C27H22F8O5S. The molecule has 1 aliphatic heterocycles. The van der Waals surface area contributed by atoms with Crippen LogP contribution in [0.1, 0.15) is 47.4 Å². The summed E-state index contributed by atoms with van der Waals surface area (Å²) in [5, 5.41) is 0. The van der Waals surface area contributed by atoms with Gasteiger partial charge in [0.25, 0.3) is 0 Å². The van der Waals surface area contributed by atoms with Gasteiger partial charge < -0.3 is 13.7 Å². The normalized spacial score (nSPS) is 15.4. The van der Waals surface area contributed by atoms with Gasteiger partial charge in [-0.3, -0.25) is 0 Å². The molecule has 1 atom stereocenters. The number of hydrogen-bond acceptors (Lipinski definition) is 5. The molecule has 0 radical (unpaired) electrons. The van der Waals surface area contributed by atoms with Crippen LogP contribution in [0.25, 0.3) is 0 Å². The highest BCUT2D eigenvalue weighted by Crippen LogP contribution is 2.42. The molecule has 0 bridgehead atoms. The second-order valence-corrected chi connectivity index (χ2v) is 10.7. The maximum atomic E-state index is 14.0. The van der Waals surface area contributed by atoms with Gasteiger partial charge in [-0.15, -0.1) is 0 Å². The minimum absolute atomic E-state index is 0.00596. The summed E-state index contributed by atoms with van der Waals surface area (Å²) in [6, 6.07) is 6.62. The Balaban J connectivity index is 1.69. The van der Waals surface area contributed by atoms with Gasteiger partial charge in [-0.25, -0.2) is 13.2 Å². The van der Waals surface area contributed by atoms with Crippen molar-refractivity contribution >= 4 is 10.1 Å². The molecule has 0 saturated heterocycles. The van der Waals surface area contributed by atoms with E-state index >= 15 is 0 Å². The third kappa shape index (κ3) is 6.27. The fourth-order valence-corrected chi connectivity index (χ4v) is 5.51. The van der Waals surface area contributed by atoms with Crippen LogP contribution < -0.4 is 8.92 Å². The van der Waals surface area contributed by atoms with Crippen molar-refractivity contribution in [3.05, 3.63) is 87.7 Å². The van der Waals surface area contributed by atoms with Gasteiger partial charge in [-0.1, -0.05) is 12.1 Å². The zero-order valence-corrected chi connectivity index (χ0v) is 22.1. The first-order valence-electron chi connectivity index (χ1n) is 12.2. The average molecular weight is 611 g/mol. The zero-order valence-electron chi connectivity index (χ0n) is 21.3. The summed E-state index contributed by atoms with van der Waals surface area (Å²) >= 11 is 0. The lowest BCUT2D eigenvalue weighted by atomic mass is 9.82. The number of benzene rings is 3. The lowest BCUT2D eigenvalue weighted by molar-refractivity contribution is -0.137. The van der Waals surface area contributed by atoms with Crippen molar-refractivity contribution in [2.24, 2.45) is 0 Å². The Hall–Kier alpha value is -3.39. The molecule has 222 valence electrons. The number of fused-ring (bicyclic) bond motifs is 1. The van der Waals surface area contributed by atoms with Crippen LogP contribution in [-0.4, -0.2) is 28.7 Å². The van der Waals surface area contributed by atoms with Crippen LogP contribution in [0.5, 0.6) is 11.5 Å². The number of ether oxygens (including phenoxy) is 2. The standard InChI is InChI=1S/C27H22F8O5S/c1-38-10-3-2-4-14-12-15(27(33,34)35)5-7-17(14)18-9-11-39-20-13-16(6-8-19(18)20)41(36,37)40-26-24(31)22(29)21(28)23(30)25(26)32/h5-8,12-13,18H,2-4,9-11H2,1H3. The lowest BCUT2D eigenvalue weighted by Gasteiger charge is -2.29. The summed E-state index contributed by atoms with van der Waals surface area (Å²) in [6.07, 6.45) is -2.74. The summed E-state index contributed by atoms with van der Waals surface area (Å²) in [5.74, 6) is -14.7. The first-order valence-corrected chi connectivity index (χ1v) is 13.6. The molecule has 0 fully saturated rings. The molecule has 14 heteroatoms. The van der Waals surface area contributed by atoms with E-state index in [1.807, 2.05) is 0 Å². The lowest BCUT2D eigenvalue weighted by Crippen LogP contribution is -2.19. The van der Waals surface area contributed by atoms with Crippen LogP contribution in [0.4, 0.5) is 35.1 Å². The molecule has 0 amide bonds. The van der Waals surface area contributed by atoms with Crippen LogP contribution >= 0.6 is 0 Å². The molecule has 0 N–H and O–H groups in total. The highest BCUT2D eigenvalue weighted by atomic mass is 32.2. The Bertz CT molecular complexity index is 1530. The summed E-state index contributed by atoms with van der Waals surface area (Å²) in [5.41, 5.74) is 0.625. The largest absolute Gasteiger partial charge is 0.493 e. The van der Waals surface area contributed by atoms with Gasteiger partial charge >= 0.3 is 16.3 Å². The Morgan fingerprint density at radius 3 is 2.15 bits per heavy atom. The van der Waals surface area contributed by atoms with E-state index in [1.165, 1.54) is 19.2 Å². The van der Waals surface area contributed by atoms with Crippen molar-refractivity contribution in [1.82, 2.24) is 0 Å². The maximum absolute atomic E-state index is 14.0. The SMILES string of the molecule is COCCCCc1cc(C(F)(F)F)ccc1C1CCOc2cc(S(=O)(=O)Oc3c(F)c(F)c(F)c(F)c3F)ccc21. The van der Waals surface area contributed by atoms with Crippen molar-refractivity contribution < 1.29 is 57.2 Å². The third-order valence-electron chi connectivity index (χ3n) is 6.57. The van der Waals surface area contributed by atoms with Crippen LogP contribution in [0.2, 0.25) is 0 Å². The molecule has 5 nitrogen and oxygen atoms in total. The number of halogens is 8. The topological polar surface area (TPSA) is 61.8 Å².